The number of nitrogens with zero attached hydrogens (tertiary/aromatic N) is 2. The molecule has 0 saturated carbocycles. The van der Waals surface area contributed by atoms with Crippen molar-refractivity contribution in [3.05, 3.63) is 34.2 Å². The van der Waals surface area contributed by atoms with E-state index in [1.165, 1.54) is 22.6 Å². The molecule has 5 nitrogen and oxygen atoms in total. The fraction of sp³-hybridized carbons (Fsp3) is 0.500. The Hall–Kier alpha value is -1.69. The van der Waals surface area contributed by atoms with Crippen molar-refractivity contribution in [3.63, 3.8) is 0 Å². The Labute approximate surface area is 104 Å². The van der Waals surface area contributed by atoms with Crippen LogP contribution < -0.4 is 5.56 Å². The van der Waals surface area contributed by atoms with Crippen molar-refractivity contribution in [2.45, 2.75) is 12.2 Å². The third kappa shape index (κ3) is 2.15. The second-order valence-electron chi connectivity index (χ2n) is 4.37. The van der Waals surface area contributed by atoms with Gasteiger partial charge in [0.2, 0.25) is 0 Å². The van der Waals surface area contributed by atoms with Crippen LogP contribution in [0.3, 0.4) is 0 Å². The van der Waals surface area contributed by atoms with E-state index in [2.05, 4.69) is 0 Å². The van der Waals surface area contributed by atoms with Crippen LogP contribution in [0.25, 0.3) is 0 Å². The number of amides is 1. The SMILES string of the molecule is CN(C(=O)c1cccn(C)c1=O)C1COCC1F. The lowest BCUT2D eigenvalue weighted by atomic mass is 10.1. The summed E-state index contributed by atoms with van der Waals surface area (Å²) in [6.45, 7) is 0.158. The molecule has 0 spiro atoms. The van der Waals surface area contributed by atoms with E-state index in [0.29, 0.717) is 0 Å². The molecular formula is C12H15FN2O3. The highest BCUT2D eigenvalue weighted by molar-refractivity contribution is 5.93. The van der Waals surface area contributed by atoms with E-state index in [-0.39, 0.29) is 24.3 Å². The first-order chi connectivity index (χ1) is 8.52. The number of carbonyl (C=O) groups is 1. The Morgan fingerprint density at radius 1 is 1.56 bits per heavy atom. The van der Waals surface area contributed by atoms with E-state index in [0.717, 1.165) is 0 Å². The Kier molecular flexibility index (Phi) is 3.47. The Morgan fingerprint density at radius 3 is 2.89 bits per heavy atom. The van der Waals surface area contributed by atoms with Gasteiger partial charge in [-0.25, -0.2) is 4.39 Å². The van der Waals surface area contributed by atoms with Crippen LogP contribution in [0.2, 0.25) is 0 Å². The first-order valence-corrected chi connectivity index (χ1v) is 5.67. The number of carbonyl (C=O) groups excluding carboxylic acids is 1. The summed E-state index contributed by atoms with van der Waals surface area (Å²) in [5, 5.41) is 0. The van der Waals surface area contributed by atoms with Crippen molar-refractivity contribution < 1.29 is 13.9 Å². The molecule has 1 aromatic heterocycles. The molecule has 0 aromatic carbocycles. The minimum atomic E-state index is -1.20. The molecule has 0 radical (unpaired) electrons. The van der Waals surface area contributed by atoms with Gasteiger partial charge in [-0.15, -0.1) is 0 Å². The van der Waals surface area contributed by atoms with Gasteiger partial charge in [-0.1, -0.05) is 0 Å². The molecule has 1 fully saturated rings. The zero-order chi connectivity index (χ0) is 13.3. The van der Waals surface area contributed by atoms with Crippen LogP contribution in [0.4, 0.5) is 4.39 Å². The quantitative estimate of drug-likeness (QED) is 0.757. The van der Waals surface area contributed by atoms with Crippen molar-refractivity contribution in [2.75, 3.05) is 20.3 Å². The van der Waals surface area contributed by atoms with Crippen molar-refractivity contribution in [2.24, 2.45) is 7.05 Å². The highest BCUT2D eigenvalue weighted by atomic mass is 19.1. The lowest BCUT2D eigenvalue weighted by molar-refractivity contribution is 0.0670. The highest BCUT2D eigenvalue weighted by Crippen LogP contribution is 2.16. The van der Waals surface area contributed by atoms with Gasteiger partial charge >= 0.3 is 0 Å². The minimum Gasteiger partial charge on any atom is -0.376 e. The maximum Gasteiger partial charge on any atom is 0.263 e. The largest absolute Gasteiger partial charge is 0.376 e. The molecular weight excluding hydrogens is 239 g/mol. The molecule has 1 aliphatic rings. The average Bonchev–Trinajstić information content (AvgIpc) is 2.77. The molecule has 1 aliphatic heterocycles. The van der Waals surface area contributed by atoms with Gasteiger partial charge in [-0.3, -0.25) is 9.59 Å². The zero-order valence-corrected chi connectivity index (χ0v) is 10.3. The zero-order valence-electron chi connectivity index (χ0n) is 10.3. The average molecular weight is 254 g/mol. The maximum atomic E-state index is 13.5. The van der Waals surface area contributed by atoms with Crippen LogP contribution in [-0.4, -0.2) is 47.8 Å². The number of alkyl halides is 1. The molecule has 1 amide bonds. The third-order valence-corrected chi connectivity index (χ3v) is 3.15. The predicted octanol–water partition coefficient (Wildman–Crippen LogP) is 0.194. The van der Waals surface area contributed by atoms with Gasteiger partial charge in [0, 0.05) is 20.3 Å². The molecule has 2 heterocycles. The molecule has 2 atom stereocenters. The topological polar surface area (TPSA) is 51.5 Å². The summed E-state index contributed by atoms with van der Waals surface area (Å²) in [4.78, 5) is 25.2. The number of likely N-dealkylation sites (N-methyl/N-ethyl adjacent to an activating group) is 1. The van der Waals surface area contributed by atoms with Crippen molar-refractivity contribution in [3.8, 4) is 0 Å². The lowest BCUT2D eigenvalue weighted by Crippen LogP contribution is -2.44. The van der Waals surface area contributed by atoms with Crippen molar-refractivity contribution in [1.29, 1.82) is 0 Å². The summed E-state index contributed by atoms with van der Waals surface area (Å²) in [6.07, 6.45) is 0.363. The number of halogens is 1. The van der Waals surface area contributed by atoms with Gasteiger partial charge in [0.1, 0.15) is 11.7 Å². The lowest BCUT2D eigenvalue weighted by Gasteiger charge is -2.24. The fourth-order valence-corrected chi connectivity index (χ4v) is 1.97. The molecule has 1 aromatic rings. The van der Waals surface area contributed by atoms with E-state index in [4.69, 9.17) is 4.74 Å². The standard InChI is InChI=1S/C12H15FN2O3/c1-14-5-3-4-8(11(14)16)12(17)15(2)10-7-18-6-9(10)13/h3-5,9-10H,6-7H2,1-2H3. The van der Waals surface area contributed by atoms with Gasteiger partial charge in [-0.05, 0) is 12.1 Å². The first-order valence-electron chi connectivity index (χ1n) is 5.67. The number of rotatable bonds is 2. The van der Waals surface area contributed by atoms with Gasteiger partial charge in [0.25, 0.3) is 11.5 Å². The molecule has 1 saturated heterocycles. The fourth-order valence-electron chi connectivity index (χ4n) is 1.97. The second-order valence-corrected chi connectivity index (χ2v) is 4.37. The predicted molar refractivity (Wildman–Crippen MR) is 63.3 cm³/mol. The third-order valence-electron chi connectivity index (χ3n) is 3.15. The summed E-state index contributed by atoms with van der Waals surface area (Å²) in [5.41, 5.74) is -0.342. The van der Waals surface area contributed by atoms with Crippen molar-refractivity contribution in [1.82, 2.24) is 9.47 Å². The summed E-state index contributed by atoms with van der Waals surface area (Å²) >= 11 is 0. The van der Waals surface area contributed by atoms with E-state index in [1.807, 2.05) is 0 Å². The first kappa shape index (κ1) is 12.8. The van der Waals surface area contributed by atoms with Crippen LogP contribution in [-0.2, 0) is 11.8 Å². The van der Waals surface area contributed by atoms with Crippen LogP contribution >= 0.6 is 0 Å². The molecule has 18 heavy (non-hydrogen) atoms. The number of hydrogen-bond donors (Lipinski definition) is 0. The molecule has 0 bridgehead atoms. The minimum absolute atomic E-state index is 0.00487. The number of ether oxygens (including phenoxy) is 1. The highest BCUT2D eigenvalue weighted by Gasteiger charge is 2.34. The number of aromatic nitrogens is 1. The van der Waals surface area contributed by atoms with Gasteiger partial charge in [0.15, 0.2) is 0 Å². The van der Waals surface area contributed by atoms with Crippen LogP contribution in [0, 0.1) is 0 Å². The van der Waals surface area contributed by atoms with Gasteiger partial charge in [-0.2, -0.15) is 0 Å². The van der Waals surface area contributed by atoms with Crippen LogP contribution in [0.1, 0.15) is 10.4 Å². The summed E-state index contributed by atoms with van der Waals surface area (Å²) < 4.78 is 19.8. The normalized spacial score (nSPS) is 23.1. The summed E-state index contributed by atoms with van der Waals surface area (Å²) in [5.74, 6) is -0.477. The number of hydrogen-bond acceptors (Lipinski definition) is 3. The molecule has 6 heteroatoms. The monoisotopic (exact) mass is 254 g/mol. The van der Waals surface area contributed by atoms with Gasteiger partial charge in [0.05, 0.1) is 19.3 Å². The number of aryl methyl sites for hydroxylation is 1. The summed E-state index contributed by atoms with van der Waals surface area (Å²) in [6, 6.07) is 2.44. The van der Waals surface area contributed by atoms with Crippen LogP contribution in [0.5, 0.6) is 0 Å². The molecule has 0 aliphatic carbocycles. The maximum absolute atomic E-state index is 13.5. The Bertz CT molecular complexity index is 514. The molecule has 0 N–H and O–H groups in total. The smallest absolute Gasteiger partial charge is 0.263 e. The van der Waals surface area contributed by atoms with Crippen molar-refractivity contribution >= 4 is 5.91 Å². The van der Waals surface area contributed by atoms with Gasteiger partial charge < -0.3 is 14.2 Å². The van der Waals surface area contributed by atoms with E-state index in [9.17, 15) is 14.0 Å². The van der Waals surface area contributed by atoms with E-state index in [1.54, 1.807) is 19.3 Å². The molecule has 2 rings (SSSR count). The van der Waals surface area contributed by atoms with Crippen LogP contribution in [0.15, 0.2) is 23.1 Å². The molecule has 98 valence electrons. The summed E-state index contributed by atoms with van der Waals surface area (Å²) in [7, 11) is 3.05. The Balaban J connectivity index is 2.26. The number of pyridine rings is 1. The second kappa shape index (κ2) is 4.89. The van der Waals surface area contributed by atoms with E-state index < -0.39 is 18.1 Å². The van der Waals surface area contributed by atoms with E-state index >= 15 is 0 Å². The molecule has 2 unspecified atom stereocenters. The Morgan fingerprint density at radius 2 is 2.28 bits per heavy atom.